The van der Waals surface area contributed by atoms with E-state index < -0.39 is 0 Å². The van der Waals surface area contributed by atoms with E-state index in [-0.39, 0.29) is 0 Å². The van der Waals surface area contributed by atoms with Crippen LogP contribution in [0, 0.1) is 18.8 Å². The van der Waals surface area contributed by atoms with Gasteiger partial charge >= 0.3 is 0 Å². The average Bonchev–Trinajstić information content (AvgIpc) is 2.49. The summed E-state index contributed by atoms with van der Waals surface area (Å²) in [7, 11) is 0. The van der Waals surface area contributed by atoms with Crippen molar-refractivity contribution in [2.45, 2.75) is 52.5 Å². The van der Waals surface area contributed by atoms with Crippen LogP contribution in [0.4, 0.5) is 5.69 Å². The van der Waals surface area contributed by atoms with Crippen molar-refractivity contribution in [3.05, 3.63) is 29.8 Å². The van der Waals surface area contributed by atoms with E-state index in [1.807, 2.05) is 0 Å². The van der Waals surface area contributed by atoms with Crippen molar-refractivity contribution < 1.29 is 0 Å². The summed E-state index contributed by atoms with van der Waals surface area (Å²) < 4.78 is 0. The summed E-state index contributed by atoms with van der Waals surface area (Å²) in [6, 6.07) is 9.38. The Labute approximate surface area is 124 Å². The average molecular weight is 274 g/mol. The Balaban J connectivity index is 2.25. The molecular formula is C18H30N2. The molecule has 112 valence electrons. The van der Waals surface area contributed by atoms with Gasteiger partial charge in [0.15, 0.2) is 0 Å². The molecule has 3 atom stereocenters. The lowest BCUT2D eigenvalue weighted by atomic mass is 9.76. The van der Waals surface area contributed by atoms with Crippen molar-refractivity contribution in [2.75, 3.05) is 18.0 Å². The maximum absolute atomic E-state index is 6.06. The van der Waals surface area contributed by atoms with E-state index in [9.17, 15) is 0 Å². The Morgan fingerprint density at radius 1 is 1.20 bits per heavy atom. The van der Waals surface area contributed by atoms with Crippen LogP contribution in [0.5, 0.6) is 0 Å². The van der Waals surface area contributed by atoms with Gasteiger partial charge in [-0.2, -0.15) is 0 Å². The first-order chi connectivity index (χ1) is 9.71. The van der Waals surface area contributed by atoms with Crippen LogP contribution in [-0.4, -0.2) is 19.1 Å². The fraction of sp³-hybridized carbons (Fsp3) is 0.667. The summed E-state index contributed by atoms with van der Waals surface area (Å²) in [5.41, 5.74) is 8.84. The van der Waals surface area contributed by atoms with E-state index >= 15 is 0 Å². The lowest BCUT2D eigenvalue weighted by Crippen LogP contribution is -2.47. The standard InChI is InChI=1S/C18H30N2/c1-4-15-10-11-16(13-19)18(12-15)20(5-2)17-9-7-6-8-14(17)3/h6-9,15-16,18H,4-5,10-13,19H2,1-3H3. The molecule has 2 N–H and O–H groups in total. The van der Waals surface area contributed by atoms with Crippen molar-refractivity contribution in [1.29, 1.82) is 0 Å². The zero-order valence-electron chi connectivity index (χ0n) is 13.3. The fourth-order valence-electron chi connectivity index (χ4n) is 3.79. The van der Waals surface area contributed by atoms with Crippen LogP contribution in [-0.2, 0) is 0 Å². The topological polar surface area (TPSA) is 29.3 Å². The van der Waals surface area contributed by atoms with E-state index in [1.165, 1.54) is 36.9 Å². The van der Waals surface area contributed by atoms with Crippen LogP contribution >= 0.6 is 0 Å². The Morgan fingerprint density at radius 2 is 1.95 bits per heavy atom. The molecule has 20 heavy (non-hydrogen) atoms. The summed E-state index contributed by atoms with van der Waals surface area (Å²) in [6.07, 6.45) is 5.27. The SMILES string of the molecule is CCC1CCC(CN)C(N(CC)c2ccccc2C)C1. The summed E-state index contributed by atoms with van der Waals surface area (Å²) in [5.74, 6) is 1.53. The van der Waals surface area contributed by atoms with Gasteiger partial charge in [0.1, 0.15) is 0 Å². The van der Waals surface area contributed by atoms with Gasteiger partial charge in [0, 0.05) is 18.3 Å². The summed E-state index contributed by atoms with van der Waals surface area (Å²) in [4.78, 5) is 2.61. The Bertz CT molecular complexity index is 416. The largest absolute Gasteiger partial charge is 0.368 e. The molecule has 2 nitrogen and oxygen atoms in total. The highest BCUT2D eigenvalue weighted by atomic mass is 15.2. The second kappa shape index (κ2) is 7.12. The van der Waals surface area contributed by atoms with Crippen LogP contribution in [0.2, 0.25) is 0 Å². The number of anilines is 1. The van der Waals surface area contributed by atoms with Gasteiger partial charge in [-0.1, -0.05) is 31.5 Å². The summed E-state index contributed by atoms with van der Waals surface area (Å²) in [6.45, 7) is 8.71. The third kappa shape index (κ3) is 3.17. The molecule has 0 saturated heterocycles. The van der Waals surface area contributed by atoms with Crippen LogP contribution in [0.3, 0.4) is 0 Å². The molecule has 0 amide bonds. The molecule has 1 aliphatic carbocycles. The predicted octanol–water partition coefficient (Wildman–Crippen LogP) is 3.97. The van der Waals surface area contributed by atoms with Gasteiger partial charge in [0.05, 0.1) is 0 Å². The highest BCUT2D eigenvalue weighted by molar-refractivity contribution is 5.54. The molecule has 1 aliphatic rings. The number of rotatable bonds is 5. The number of para-hydroxylation sites is 1. The normalized spacial score (nSPS) is 26.5. The van der Waals surface area contributed by atoms with Gasteiger partial charge in [-0.05, 0) is 63.1 Å². The third-order valence-corrected chi connectivity index (χ3v) is 5.11. The minimum atomic E-state index is 0.616. The van der Waals surface area contributed by atoms with E-state index in [0.717, 1.165) is 19.0 Å². The van der Waals surface area contributed by atoms with Crippen LogP contribution in [0.25, 0.3) is 0 Å². The molecule has 1 aromatic rings. The lowest BCUT2D eigenvalue weighted by Gasteiger charge is -2.43. The van der Waals surface area contributed by atoms with Gasteiger partial charge in [-0.15, -0.1) is 0 Å². The molecule has 3 unspecified atom stereocenters. The lowest BCUT2D eigenvalue weighted by molar-refractivity contribution is 0.228. The van der Waals surface area contributed by atoms with Crippen LogP contribution in [0.15, 0.2) is 24.3 Å². The quantitative estimate of drug-likeness (QED) is 0.880. The van der Waals surface area contributed by atoms with Crippen LogP contribution < -0.4 is 10.6 Å². The summed E-state index contributed by atoms with van der Waals surface area (Å²) in [5, 5.41) is 0. The maximum Gasteiger partial charge on any atom is 0.0398 e. The first-order valence-electron chi connectivity index (χ1n) is 8.23. The number of hydrogen-bond donors (Lipinski definition) is 1. The molecule has 1 aromatic carbocycles. The number of benzene rings is 1. The highest BCUT2D eigenvalue weighted by Gasteiger charge is 2.33. The Hall–Kier alpha value is -1.02. The molecule has 0 bridgehead atoms. The maximum atomic E-state index is 6.06. The molecule has 0 heterocycles. The molecule has 1 fully saturated rings. The van der Waals surface area contributed by atoms with Crippen molar-refractivity contribution in [1.82, 2.24) is 0 Å². The van der Waals surface area contributed by atoms with Crippen molar-refractivity contribution >= 4 is 5.69 Å². The number of nitrogens with zero attached hydrogens (tertiary/aromatic N) is 1. The smallest absolute Gasteiger partial charge is 0.0398 e. The molecule has 0 aliphatic heterocycles. The van der Waals surface area contributed by atoms with Crippen molar-refractivity contribution in [3.8, 4) is 0 Å². The molecule has 0 aromatic heterocycles. The first kappa shape index (κ1) is 15.4. The molecule has 0 radical (unpaired) electrons. The zero-order valence-corrected chi connectivity index (χ0v) is 13.3. The predicted molar refractivity (Wildman–Crippen MR) is 88.2 cm³/mol. The van der Waals surface area contributed by atoms with E-state index in [0.29, 0.717) is 12.0 Å². The monoisotopic (exact) mass is 274 g/mol. The zero-order chi connectivity index (χ0) is 14.5. The Morgan fingerprint density at radius 3 is 2.55 bits per heavy atom. The van der Waals surface area contributed by atoms with E-state index in [2.05, 4.69) is 49.9 Å². The van der Waals surface area contributed by atoms with Crippen molar-refractivity contribution in [2.24, 2.45) is 17.6 Å². The minimum absolute atomic E-state index is 0.616. The van der Waals surface area contributed by atoms with Gasteiger partial charge in [-0.3, -0.25) is 0 Å². The molecule has 0 spiro atoms. The molecule has 1 saturated carbocycles. The number of nitrogens with two attached hydrogens (primary N) is 1. The fourth-order valence-corrected chi connectivity index (χ4v) is 3.79. The van der Waals surface area contributed by atoms with Gasteiger partial charge < -0.3 is 10.6 Å². The molecule has 2 rings (SSSR count). The molecular weight excluding hydrogens is 244 g/mol. The highest BCUT2D eigenvalue weighted by Crippen LogP contribution is 2.36. The minimum Gasteiger partial charge on any atom is -0.368 e. The Kier molecular flexibility index (Phi) is 5.47. The second-order valence-electron chi connectivity index (χ2n) is 6.22. The summed E-state index contributed by atoms with van der Waals surface area (Å²) >= 11 is 0. The molecule has 2 heteroatoms. The third-order valence-electron chi connectivity index (χ3n) is 5.11. The van der Waals surface area contributed by atoms with E-state index in [1.54, 1.807) is 0 Å². The van der Waals surface area contributed by atoms with Crippen LogP contribution in [0.1, 0.15) is 45.1 Å². The van der Waals surface area contributed by atoms with Gasteiger partial charge in [0.2, 0.25) is 0 Å². The van der Waals surface area contributed by atoms with E-state index in [4.69, 9.17) is 5.73 Å². The van der Waals surface area contributed by atoms with Crippen molar-refractivity contribution in [3.63, 3.8) is 0 Å². The number of hydrogen-bond acceptors (Lipinski definition) is 2. The van der Waals surface area contributed by atoms with Gasteiger partial charge in [0.25, 0.3) is 0 Å². The second-order valence-corrected chi connectivity index (χ2v) is 6.22. The first-order valence-corrected chi connectivity index (χ1v) is 8.23. The van der Waals surface area contributed by atoms with Gasteiger partial charge in [-0.25, -0.2) is 0 Å². The number of aryl methyl sites for hydroxylation is 1.